The number of anilines is 2. The predicted molar refractivity (Wildman–Crippen MR) is 124 cm³/mol. The van der Waals surface area contributed by atoms with E-state index in [0.717, 1.165) is 46.9 Å². The van der Waals surface area contributed by atoms with Crippen molar-refractivity contribution in [2.45, 2.75) is 46.2 Å². The number of methoxy groups -OCH3 is 1. The molecule has 0 spiro atoms. The molecule has 168 valence electrons. The molecule has 0 unspecified atom stereocenters. The van der Waals surface area contributed by atoms with Crippen LogP contribution in [0.1, 0.15) is 36.5 Å². The van der Waals surface area contributed by atoms with Crippen molar-refractivity contribution in [3.63, 3.8) is 0 Å². The van der Waals surface area contributed by atoms with Gasteiger partial charge in [0, 0.05) is 25.0 Å². The molecule has 3 aromatic heterocycles. The van der Waals surface area contributed by atoms with Crippen LogP contribution in [0.15, 0.2) is 36.7 Å². The number of amides is 1. The lowest BCUT2D eigenvalue weighted by atomic mass is 9.97. The Morgan fingerprint density at radius 3 is 2.75 bits per heavy atom. The van der Waals surface area contributed by atoms with E-state index in [-0.39, 0.29) is 17.9 Å². The quantitative estimate of drug-likeness (QED) is 0.615. The molecule has 0 bridgehead atoms. The highest BCUT2D eigenvalue weighted by molar-refractivity contribution is 6.04. The molecule has 1 amide bonds. The van der Waals surface area contributed by atoms with Crippen LogP contribution in [0.3, 0.4) is 0 Å². The largest absolute Gasteiger partial charge is 0.481 e. The van der Waals surface area contributed by atoms with E-state index >= 15 is 0 Å². The maximum Gasteiger partial charge on any atom is 0.247 e. The first kappa shape index (κ1) is 21.8. The van der Waals surface area contributed by atoms with Crippen LogP contribution in [0.5, 0.6) is 5.88 Å². The topological polar surface area (TPSA) is 85.2 Å². The number of hydrogen-bond acceptors (Lipinski definition) is 6. The number of hydrogen-bond donors (Lipinski definition) is 1. The average molecular weight is 435 g/mol. The van der Waals surface area contributed by atoms with E-state index in [4.69, 9.17) is 9.72 Å². The highest BCUT2D eigenvalue weighted by Crippen LogP contribution is 2.35. The summed E-state index contributed by atoms with van der Waals surface area (Å²) in [6, 6.07) is 7.64. The fourth-order valence-electron chi connectivity index (χ4n) is 4.27. The summed E-state index contributed by atoms with van der Waals surface area (Å²) in [5, 5.41) is 7.53. The maximum atomic E-state index is 12.5. The lowest BCUT2D eigenvalue weighted by Gasteiger charge is -2.38. The van der Waals surface area contributed by atoms with Gasteiger partial charge in [0.25, 0.3) is 0 Å². The SMILES string of the molecule is COc1cccc(Cn2cc(CCc3cc4c(c(C)n3)NC(=O)[C@H](C(C)C)N4C)cn2)n1. The molecular formula is C24H30N6O2. The van der Waals surface area contributed by atoms with Crippen LogP contribution >= 0.6 is 0 Å². The second-order valence-electron chi connectivity index (χ2n) is 8.60. The van der Waals surface area contributed by atoms with E-state index in [1.54, 1.807) is 7.11 Å². The van der Waals surface area contributed by atoms with Crippen molar-refractivity contribution in [3.05, 3.63) is 59.3 Å². The number of rotatable bonds is 7. The third kappa shape index (κ3) is 4.44. The Morgan fingerprint density at radius 1 is 1.19 bits per heavy atom. The van der Waals surface area contributed by atoms with Gasteiger partial charge in [0.1, 0.15) is 6.04 Å². The van der Waals surface area contributed by atoms with Crippen molar-refractivity contribution in [1.82, 2.24) is 19.7 Å². The first-order valence-electron chi connectivity index (χ1n) is 10.9. The van der Waals surface area contributed by atoms with E-state index in [1.165, 1.54) is 0 Å². The summed E-state index contributed by atoms with van der Waals surface area (Å²) >= 11 is 0. The molecule has 4 rings (SSSR count). The smallest absolute Gasteiger partial charge is 0.247 e. The summed E-state index contributed by atoms with van der Waals surface area (Å²) in [5.41, 5.74) is 5.75. The molecule has 1 N–H and O–H groups in total. The molecule has 0 aliphatic carbocycles. The second kappa shape index (κ2) is 8.98. The lowest BCUT2D eigenvalue weighted by Crippen LogP contribution is -2.49. The number of nitrogens with one attached hydrogen (secondary N) is 1. The van der Waals surface area contributed by atoms with Gasteiger partial charge in [0.15, 0.2) is 0 Å². The van der Waals surface area contributed by atoms with Gasteiger partial charge in [-0.15, -0.1) is 0 Å². The number of pyridine rings is 2. The van der Waals surface area contributed by atoms with Crippen LogP contribution in [-0.2, 0) is 24.2 Å². The van der Waals surface area contributed by atoms with Crippen molar-refractivity contribution >= 4 is 17.3 Å². The molecule has 1 aliphatic rings. The summed E-state index contributed by atoms with van der Waals surface area (Å²) in [5.74, 6) is 0.852. The lowest BCUT2D eigenvalue weighted by molar-refractivity contribution is -0.118. The summed E-state index contributed by atoms with van der Waals surface area (Å²) in [6.07, 6.45) is 5.58. The third-order valence-corrected chi connectivity index (χ3v) is 5.85. The van der Waals surface area contributed by atoms with Crippen LogP contribution in [0.4, 0.5) is 11.4 Å². The Labute approximate surface area is 188 Å². The number of carbonyl (C=O) groups excluding carboxylic acids is 1. The standard InChI is InChI=1S/C24H30N6O2/c1-15(2)23-24(31)28-22-16(3)26-18(11-20(22)29(23)4)10-9-17-12-25-30(13-17)14-19-7-6-8-21(27-19)32-5/h6-8,11-13,15,23H,9-10,14H2,1-5H3,(H,28,31)/t23-/m0/s1. The summed E-state index contributed by atoms with van der Waals surface area (Å²) in [6.45, 7) is 6.68. The fraction of sp³-hybridized carbons (Fsp3) is 0.417. The minimum Gasteiger partial charge on any atom is -0.481 e. The van der Waals surface area contributed by atoms with Gasteiger partial charge >= 0.3 is 0 Å². The number of nitrogens with zero attached hydrogens (tertiary/aromatic N) is 5. The van der Waals surface area contributed by atoms with Crippen molar-refractivity contribution in [3.8, 4) is 5.88 Å². The van der Waals surface area contributed by atoms with Gasteiger partial charge in [-0.25, -0.2) is 4.98 Å². The van der Waals surface area contributed by atoms with Gasteiger partial charge in [0.2, 0.25) is 11.8 Å². The van der Waals surface area contributed by atoms with Crippen LogP contribution in [-0.4, -0.2) is 45.9 Å². The number of carbonyl (C=O) groups is 1. The maximum absolute atomic E-state index is 12.5. The number of aryl methyl sites for hydroxylation is 3. The summed E-state index contributed by atoms with van der Waals surface area (Å²) in [4.78, 5) is 23.8. The average Bonchev–Trinajstić information content (AvgIpc) is 3.20. The first-order chi connectivity index (χ1) is 15.4. The number of ether oxygens (including phenoxy) is 1. The van der Waals surface area contributed by atoms with Gasteiger partial charge in [-0.2, -0.15) is 5.10 Å². The van der Waals surface area contributed by atoms with E-state index < -0.39 is 0 Å². The second-order valence-corrected chi connectivity index (χ2v) is 8.60. The van der Waals surface area contributed by atoms with Gasteiger partial charge in [-0.05, 0) is 43.4 Å². The molecule has 32 heavy (non-hydrogen) atoms. The molecular weight excluding hydrogens is 404 g/mol. The Bertz CT molecular complexity index is 1120. The number of fused-ring (bicyclic) bond motifs is 1. The molecule has 0 radical (unpaired) electrons. The molecule has 0 saturated carbocycles. The van der Waals surface area contributed by atoms with Crippen molar-refractivity contribution in [1.29, 1.82) is 0 Å². The van der Waals surface area contributed by atoms with Crippen LogP contribution in [0.2, 0.25) is 0 Å². The van der Waals surface area contributed by atoms with Crippen molar-refractivity contribution in [2.75, 3.05) is 24.4 Å². The van der Waals surface area contributed by atoms with E-state index in [9.17, 15) is 4.79 Å². The van der Waals surface area contributed by atoms with Crippen molar-refractivity contribution in [2.24, 2.45) is 5.92 Å². The molecule has 4 heterocycles. The zero-order valence-electron chi connectivity index (χ0n) is 19.3. The minimum absolute atomic E-state index is 0.0330. The van der Waals surface area contributed by atoms with E-state index in [1.807, 2.05) is 49.2 Å². The monoisotopic (exact) mass is 434 g/mol. The van der Waals surface area contributed by atoms with E-state index in [0.29, 0.717) is 12.4 Å². The molecule has 1 atom stereocenters. The fourth-order valence-corrected chi connectivity index (χ4v) is 4.27. The Hall–Kier alpha value is -3.42. The van der Waals surface area contributed by atoms with Gasteiger partial charge in [0.05, 0.1) is 42.6 Å². The minimum atomic E-state index is -0.180. The van der Waals surface area contributed by atoms with Crippen LogP contribution in [0, 0.1) is 12.8 Å². The molecule has 8 nitrogen and oxygen atoms in total. The zero-order chi connectivity index (χ0) is 22.8. The normalized spacial score (nSPS) is 15.6. The number of aromatic nitrogens is 4. The first-order valence-corrected chi connectivity index (χ1v) is 10.9. The predicted octanol–water partition coefficient (Wildman–Crippen LogP) is 3.24. The van der Waals surface area contributed by atoms with Gasteiger partial charge < -0.3 is 15.0 Å². The van der Waals surface area contributed by atoms with Gasteiger partial charge in [-0.1, -0.05) is 19.9 Å². The van der Waals surface area contributed by atoms with Gasteiger partial charge in [-0.3, -0.25) is 14.5 Å². The molecule has 3 aromatic rings. The zero-order valence-corrected chi connectivity index (χ0v) is 19.3. The molecule has 0 fully saturated rings. The molecule has 0 aromatic carbocycles. The number of likely N-dealkylation sites (N-methyl/N-ethyl adjacent to an activating group) is 1. The molecule has 1 aliphatic heterocycles. The van der Waals surface area contributed by atoms with Crippen LogP contribution in [0.25, 0.3) is 0 Å². The highest BCUT2D eigenvalue weighted by Gasteiger charge is 2.34. The van der Waals surface area contributed by atoms with Crippen LogP contribution < -0.4 is 15.0 Å². The summed E-state index contributed by atoms with van der Waals surface area (Å²) < 4.78 is 7.08. The molecule has 0 saturated heterocycles. The van der Waals surface area contributed by atoms with Crippen molar-refractivity contribution < 1.29 is 9.53 Å². The van der Waals surface area contributed by atoms with E-state index in [2.05, 4.69) is 40.2 Å². The Balaban J connectivity index is 1.46. The highest BCUT2D eigenvalue weighted by atomic mass is 16.5. The third-order valence-electron chi connectivity index (χ3n) is 5.85. The summed E-state index contributed by atoms with van der Waals surface area (Å²) in [7, 11) is 3.60. The Morgan fingerprint density at radius 2 is 2.00 bits per heavy atom. The molecule has 8 heteroatoms. The Kier molecular flexibility index (Phi) is 6.12.